The number of aliphatic imine (C=N–C) groups is 4. The fourth-order valence-electron chi connectivity index (χ4n) is 20.8. The molecule has 4 saturated carbocycles. The Morgan fingerprint density at radius 1 is 0.466 bits per heavy atom. The van der Waals surface area contributed by atoms with Crippen molar-refractivity contribution in [2.24, 2.45) is 76.4 Å². The number of rotatable bonds is 5. The number of guanidine groups is 2. The summed E-state index contributed by atoms with van der Waals surface area (Å²) >= 11 is 20.4. The van der Waals surface area contributed by atoms with E-state index in [0.717, 1.165) is 132 Å². The lowest BCUT2D eigenvalue weighted by molar-refractivity contribution is -0.140. The first kappa shape index (κ1) is 75.3. The minimum atomic E-state index is -4.39. The maximum absolute atomic E-state index is 14.1. The van der Waals surface area contributed by atoms with Gasteiger partial charge in [0.1, 0.15) is 41.1 Å². The second-order valence-corrected chi connectivity index (χ2v) is 37.0. The monoisotopic (exact) mass is 1670 g/mol. The summed E-state index contributed by atoms with van der Waals surface area (Å²) in [5.41, 5.74) is 33.9. The average Bonchev–Trinajstić information content (AvgIpc) is 1.58. The molecule has 4 fully saturated rings. The van der Waals surface area contributed by atoms with Crippen LogP contribution >= 0.6 is 82.9 Å². The first-order valence-electron chi connectivity index (χ1n) is 36.1. The Morgan fingerprint density at radius 2 is 0.806 bits per heavy atom. The van der Waals surface area contributed by atoms with Gasteiger partial charge in [0.05, 0.1) is 25.3 Å². The minimum Gasteiger partial charge on any atom is -0.381 e. The number of fused-ring (bicyclic) bond motifs is 12. The molecule has 8 aliphatic carbocycles. The van der Waals surface area contributed by atoms with E-state index in [2.05, 4.69) is 104 Å². The first-order valence-corrected chi connectivity index (χ1v) is 40.9. The van der Waals surface area contributed by atoms with Crippen LogP contribution in [0.15, 0.2) is 124 Å². The van der Waals surface area contributed by atoms with E-state index in [1.165, 1.54) is 109 Å². The molecule has 4 heterocycles. The average molecular weight is 1670 g/mol. The summed E-state index contributed by atoms with van der Waals surface area (Å²) < 4.78 is 108. The fourth-order valence-corrected chi connectivity index (χ4v) is 24.3. The Morgan fingerprint density at radius 3 is 1.15 bits per heavy atom. The Bertz CT molecular complexity index is 4080. The molecule has 4 aliphatic heterocycles. The molecule has 4 atom stereocenters. The van der Waals surface area contributed by atoms with Gasteiger partial charge in [-0.05, 0) is 231 Å². The zero-order valence-electron chi connectivity index (χ0n) is 58.6. The number of thioether (sulfide) groups is 2. The normalized spacial score (nSPS) is 33.6. The summed E-state index contributed by atoms with van der Waals surface area (Å²) in [5, 5.41) is 1.83. The van der Waals surface area contributed by atoms with Gasteiger partial charge in [-0.25, -0.2) is 24.4 Å². The highest BCUT2D eigenvalue weighted by molar-refractivity contribution is 9.11. The molecule has 8 spiro atoms. The number of methoxy groups -OCH3 is 2. The minimum absolute atomic E-state index is 0.00612. The van der Waals surface area contributed by atoms with Crippen LogP contribution in [-0.4, -0.2) is 109 Å². The van der Waals surface area contributed by atoms with Crippen molar-refractivity contribution in [3.8, 4) is 11.1 Å². The summed E-state index contributed by atoms with van der Waals surface area (Å²) in [4.78, 5) is 22.0. The lowest BCUT2D eigenvalue weighted by Gasteiger charge is -2.46. The molecule has 0 amide bonds. The van der Waals surface area contributed by atoms with Crippen LogP contribution in [0.4, 0.5) is 30.7 Å². The summed E-state index contributed by atoms with van der Waals surface area (Å²) in [7, 11) is 3.41. The standard InChI is InChI=1S/C25H26ClF4N3O.C19H23BrF3N3O.2C17H21BrN2S/c1-34-20-4-6-23(7-5-20)12-16-3-2-15(17-8-18(26)11-19(27)9-17)10-21(16)24(23)13-33(22(31)32-24)14-25(28,29)30;1-27-14-4-6-17(7-5-14)9-12-2-3-13(20)8-15(12)18(17)10-26(16(24)25-18)11-19(21,22)23;2*1-11-4-6-16(7-5-11)9-12-2-3-13(18)8-14(12)17(16)10-21-15(19)20-17/h2-3,8-11,20H,4-7,12-14H2,1H3,(H2,31,32);2-3,8,14H,4-7,9-11H2,1H3,(H2,24,25);2*2-3,8,11H,4-7,9-10H2,1H3,(H2,19,20). The number of ether oxygens (including phenoxy) is 2. The number of nitrogens with two attached hydrogens (primary N) is 4. The Kier molecular flexibility index (Phi) is 20.6. The van der Waals surface area contributed by atoms with Gasteiger partial charge in [-0.3, -0.25) is 0 Å². The van der Waals surface area contributed by atoms with Gasteiger partial charge < -0.3 is 42.2 Å². The highest BCUT2D eigenvalue weighted by Crippen LogP contribution is 2.67. The van der Waals surface area contributed by atoms with Crippen LogP contribution in [0.1, 0.15) is 161 Å². The molecule has 17 rings (SSSR count). The van der Waals surface area contributed by atoms with E-state index in [9.17, 15) is 30.7 Å². The van der Waals surface area contributed by atoms with Crippen LogP contribution in [0.3, 0.4) is 0 Å². The second kappa shape index (κ2) is 28.1. The van der Waals surface area contributed by atoms with Crippen molar-refractivity contribution in [2.75, 3.05) is 51.9 Å². The van der Waals surface area contributed by atoms with Gasteiger partial charge >= 0.3 is 12.4 Å². The molecule has 12 nitrogen and oxygen atoms in total. The molecule has 12 aliphatic rings. The van der Waals surface area contributed by atoms with Crippen molar-refractivity contribution in [3.05, 3.63) is 160 Å². The molecule has 103 heavy (non-hydrogen) atoms. The van der Waals surface area contributed by atoms with Gasteiger partial charge in [0.2, 0.25) is 0 Å². The molecule has 0 bridgehead atoms. The molecule has 5 aromatic rings. The third kappa shape index (κ3) is 13.6. The smallest absolute Gasteiger partial charge is 0.381 e. The van der Waals surface area contributed by atoms with Crippen LogP contribution in [-0.2, 0) is 57.3 Å². The molecule has 0 radical (unpaired) electrons. The van der Waals surface area contributed by atoms with Gasteiger partial charge in [0, 0.05) is 65.8 Å². The summed E-state index contributed by atoms with van der Waals surface area (Å²) in [6, 6.07) is 29.7. The van der Waals surface area contributed by atoms with Crippen LogP contribution < -0.4 is 22.9 Å². The third-order valence-corrected chi connectivity index (χ3v) is 29.7. The predicted molar refractivity (Wildman–Crippen MR) is 411 cm³/mol. The van der Waals surface area contributed by atoms with Crippen LogP contribution in [0.5, 0.6) is 0 Å². The van der Waals surface area contributed by atoms with Gasteiger partial charge in [-0.1, -0.05) is 153 Å². The van der Waals surface area contributed by atoms with Crippen molar-refractivity contribution in [1.82, 2.24) is 9.80 Å². The first-order chi connectivity index (χ1) is 48.8. The van der Waals surface area contributed by atoms with E-state index >= 15 is 0 Å². The van der Waals surface area contributed by atoms with Crippen molar-refractivity contribution in [1.29, 1.82) is 0 Å². The highest BCUT2D eigenvalue weighted by atomic mass is 79.9. The molecule has 25 heteroatoms. The topological polar surface area (TPSA) is 178 Å². The third-order valence-electron chi connectivity index (χ3n) is 26.1. The van der Waals surface area contributed by atoms with Gasteiger partial charge in [0.15, 0.2) is 22.3 Å². The maximum atomic E-state index is 14.1. The van der Waals surface area contributed by atoms with Crippen LogP contribution in [0, 0.1) is 39.3 Å². The summed E-state index contributed by atoms with van der Waals surface area (Å²) in [5.74, 6) is 3.22. The summed E-state index contributed by atoms with van der Waals surface area (Å²) in [6.07, 6.45) is 12.7. The quantitative estimate of drug-likeness (QED) is 0.124. The zero-order valence-corrected chi connectivity index (χ0v) is 65.8. The van der Waals surface area contributed by atoms with E-state index in [-0.39, 0.29) is 64.1 Å². The highest BCUT2D eigenvalue weighted by Gasteiger charge is 2.66. The molecule has 0 saturated heterocycles. The van der Waals surface area contributed by atoms with Crippen molar-refractivity contribution in [3.63, 3.8) is 0 Å². The number of hydrogen-bond acceptors (Lipinski definition) is 14. The number of benzene rings is 5. The largest absolute Gasteiger partial charge is 0.406 e. The number of amidine groups is 2. The lowest BCUT2D eigenvalue weighted by atomic mass is 9.61. The molecule has 554 valence electrons. The van der Waals surface area contributed by atoms with Crippen molar-refractivity contribution in [2.45, 2.75) is 189 Å². The number of nitrogens with zero attached hydrogens (tertiary/aromatic N) is 6. The fraction of sp³-hybridized carbons (Fsp3) is 0.564. The summed E-state index contributed by atoms with van der Waals surface area (Å²) in [6.45, 7) is 2.81. The number of hydrogen-bond donors (Lipinski definition) is 4. The predicted octanol–water partition coefficient (Wildman–Crippen LogP) is 18.6. The second-order valence-electron chi connectivity index (χ2n) is 31.8. The molecule has 5 aromatic carbocycles. The van der Waals surface area contributed by atoms with Gasteiger partial charge in [-0.2, -0.15) is 26.3 Å². The molecule has 8 N–H and O–H groups in total. The van der Waals surface area contributed by atoms with E-state index in [0.29, 0.717) is 22.8 Å². The van der Waals surface area contributed by atoms with E-state index < -0.39 is 42.3 Å². The Hall–Kier alpha value is -4.56. The van der Waals surface area contributed by atoms with Crippen LogP contribution in [0.2, 0.25) is 5.02 Å². The molecule has 4 unspecified atom stereocenters. The molecule has 0 aromatic heterocycles. The lowest BCUT2D eigenvalue weighted by Crippen LogP contribution is -2.49. The number of alkyl halides is 6. The van der Waals surface area contributed by atoms with Crippen LogP contribution in [0.25, 0.3) is 11.1 Å². The van der Waals surface area contributed by atoms with Crippen molar-refractivity contribution < 1.29 is 40.2 Å². The van der Waals surface area contributed by atoms with E-state index in [1.807, 2.05) is 30.3 Å². The SMILES string of the molecule is CC1CCC2(CC1)Cc1ccc(Br)cc1C21CSC(N)=N1.CC1CCC2(CC1)Cc1ccc(Br)cc1C21CSC(N)=N1.COC1CCC2(CC1)Cc1ccc(-c3cc(F)cc(Cl)c3)cc1C21CN(CC(F)(F)F)C(N)=N1.COC1CCC2(CC1)Cc1ccc(Br)cc1C21CN(CC(F)(F)F)C(N)=N1. The molecular weight excluding hydrogens is 1580 g/mol. The Balaban J connectivity index is 0.000000118. The van der Waals surface area contributed by atoms with Gasteiger partial charge in [-0.15, -0.1) is 0 Å². The van der Waals surface area contributed by atoms with E-state index in [4.69, 9.17) is 64.0 Å². The zero-order chi connectivity index (χ0) is 73.1. The molecular formula is C78H91Br3ClF7N10O2S2. The van der Waals surface area contributed by atoms with Crippen molar-refractivity contribution >= 4 is 105 Å². The number of halogens is 11. The van der Waals surface area contributed by atoms with Gasteiger partial charge in [0.25, 0.3) is 0 Å². The Labute approximate surface area is 638 Å². The van der Waals surface area contributed by atoms with E-state index in [1.54, 1.807) is 43.8 Å². The maximum Gasteiger partial charge on any atom is 0.406 e.